The first-order valence-electron chi connectivity index (χ1n) is 3.24. The van der Waals surface area contributed by atoms with Gasteiger partial charge in [-0.3, -0.25) is 9.51 Å². The highest BCUT2D eigenvalue weighted by Crippen LogP contribution is 2.15. The van der Waals surface area contributed by atoms with E-state index in [2.05, 4.69) is 19.6 Å². The Kier molecular flexibility index (Phi) is 1.54. The van der Waals surface area contributed by atoms with E-state index in [9.17, 15) is 4.79 Å². The highest BCUT2D eigenvalue weighted by atomic mass is 32.1. The van der Waals surface area contributed by atoms with E-state index in [4.69, 9.17) is 0 Å². The van der Waals surface area contributed by atoms with Crippen molar-refractivity contribution >= 4 is 11.3 Å². The molecular formula is C6H5N3O2S. The van der Waals surface area contributed by atoms with E-state index in [1.54, 1.807) is 0 Å². The molecule has 6 heteroatoms. The molecule has 0 spiro atoms. The summed E-state index contributed by atoms with van der Waals surface area (Å²) < 4.78 is 4.33. The van der Waals surface area contributed by atoms with E-state index >= 15 is 0 Å². The van der Waals surface area contributed by atoms with Gasteiger partial charge >= 0.3 is 5.76 Å². The van der Waals surface area contributed by atoms with E-state index in [0.717, 1.165) is 5.01 Å². The van der Waals surface area contributed by atoms with Crippen LogP contribution in [0.4, 0.5) is 0 Å². The number of aromatic nitrogens is 3. The topological polar surface area (TPSA) is 71.8 Å². The lowest BCUT2D eigenvalue weighted by atomic mass is 10.5. The van der Waals surface area contributed by atoms with E-state index in [-0.39, 0.29) is 0 Å². The highest BCUT2D eigenvalue weighted by Gasteiger charge is 2.06. The summed E-state index contributed by atoms with van der Waals surface area (Å²) in [5.74, 6) is -0.181. The van der Waals surface area contributed by atoms with Crippen LogP contribution in [-0.4, -0.2) is 15.1 Å². The number of hydrogen-bond donors (Lipinski definition) is 1. The molecule has 2 rings (SSSR count). The maximum atomic E-state index is 10.6. The van der Waals surface area contributed by atoms with Gasteiger partial charge < -0.3 is 0 Å². The Labute approximate surface area is 71.1 Å². The van der Waals surface area contributed by atoms with Crippen LogP contribution in [0.1, 0.15) is 5.01 Å². The molecule has 0 aliphatic carbocycles. The molecule has 0 saturated heterocycles. The Bertz CT molecular complexity index is 441. The van der Waals surface area contributed by atoms with Gasteiger partial charge in [-0.05, 0) is 6.92 Å². The molecule has 0 aliphatic heterocycles. The van der Waals surface area contributed by atoms with E-state index in [1.807, 2.05) is 12.3 Å². The lowest BCUT2D eigenvalue weighted by molar-refractivity contribution is 0.388. The minimum Gasteiger partial charge on any atom is -0.296 e. The van der Waals surface area contributed by atoms with Crippen molar-refractivity contribution in [2.75, 3.05) is 0 Å². The number of aromatic amines is 1. The fourth-order valence-corrected chi connectivity index (χ4v) is 1.41. The van der Waals surface area contributed by atoms with E-state index < -0.39 is 5.76 Å². The number of H-pyrrole nitrogens is 1. The SMILES string of the molecule is Cc1nc(-c2noc(=O)[nH]2)cs1. The maximum absolute atomic E-state index is 10.6. The second-order valence-electron chi connectivity index (χ2n) is 2.20. The zero-order chi connectivity index (χ0) is 8.55. The predicted octanol–water partition coefficient (Wildman–Crippen LogP) is 0.795. The van der Waals surface area contributed by atoms with Crippen LogP contribution in [0.25, 0.3) is 11.5 Å². The van der Waals surface area contributed by atoms with Crippen LogP contribution in [0.2, 0.25) is 0 Å². The van der Waals surface area contributed by atoms with Crippen molar-refractivity contribution in [3.05, 3.63) is 20.9 Å². The van der Waals surface area contributed by atoms with Gasteiger partial charge in [0.2, 0.25) is 5.82 Å². The molecule has 2 aromatic heterocycles. The summed E-state index contributed by atoms with van der Waals surface area (Å²) >= 11 is 1.49. The Balaban J connectivity index is 2.50. The van der Waals surface area contributed by atoms with E-state index in [1.165, 1.54) is 11.3 Å². The van der Waals surface area contributed by atoms with E-state index in [0.29, 0.717) is 11.5 Å². The fourth-order valence-electron chi connectivity index (χ4n) is 0.812. The van der Waals surface area contributed by atoms with Crippen molar-refractivity contribution in [2.45, 2.75) is 6.92 Å². The largest absolute Gasteiger partial charge is 0.439 e. The molecule has 2 heterocycles. The van der Waals surface area contributed by atoms with Gasteiger partial charge in [-0.15, -0.1) is 11.3 Å². The van der Waals surface area contributed by atoms with Crippen molar-refractivity contribution in [1.29, 1.82) is 0 Å². The quantitative estimate of drug-likeness (QED) is 0.709. The summed E-state index contributed by atoms with van der Waals surface area (Å²) in [5, 5.41) is 6.23. The predicted molar refractivity (Wildman–Crippen MR) is 43.0 cm³/mol. The third-order valence-corrected chi connectivity index (χ3v) is 2.08. The van der Waals surface area contributed by atoms with Crippen LogP contribution in [0, 0.1) is 6.92 Å². The third kappa shape index (κ3) is 1.16. The summed E-state index contributed by atoms with van der Waals surface area (Å²) in [6.45, 7) is 1.88. The molecule has 0 bridgehead atoms. The van der Waals surface area contributed by atoms with Crippen LogP contribution >= 0.6 is 11.3 Å². The van der Waals surface area contributed by atoms with Crippen molar-refractivity contribution < 1.29 is 4.52 Å². The molecule has 1 N–H and O–H groups in total. The lowest BCUT2D eigenvalue weighted by Gasteiger charge is -1.81. The van der Waals surface area contributed by atoms with Gasteiger partial charge in [0, 0.05) is 5.38 Å². The molecule has 0 unspecified atom stereocenters. The first-order chi connectivity index (χ1) is 5.75. The second-order valence-corrected chi connectivity index (χ2v) is 3.26. The molecular weight excluding hydrogens is 178 g/mol. The number of rotatable bonds is 1. The fraction of sp³-hybridized carbons (Fsp3) is 0.167. The van der Waals surface area contributed by atoms with Crippen LogP contribution in [0.15, 0.2) is 14.7 Å². The molecule has 2 aromatic rings. The van der Waals surface area contributed by atoms with Gasteiger partial charge in [-0.1, -0.05) is 5.16 Å². The molecule has 0 atom stereocenters. The van der Waals surface area contributed by atoms with Crippen molar-refractivity contribution in [3.8, 4) is 11.5 Å². The van der Waals surface area contributed by atoms with Gasteiger partial charge in [0.05, 0.1) is 5.01 Å². The molecule has 0 radical (unpaired) electrons. The minimum absolute atomic E-state index is 0.379. The number of thiazole rings is 1. The third-order valence-electron chi connectivity index (χ3n) is 1.30. The number of nitrogens with zero attached hydrogens (tertiary/aromatic N) is 2. The summed E-state index contributed by atoms with van der Waals surface area (Å²) in [6.07, 6.45) is 0. The van der Waals surface area contributed by atoms with Gasteiger partial charge in [0.1, 0.15) is 5.69 Å². The molecule has 0 fully saturated rings. The van der Waals surface area contributed by atoms with Crippen LogP contribution in [-0.2, 0) is 0 Å². The Morgan fingerprint density at radius 1 is 1.67 bits per heavy atom. The lowest BCUT2D eigenvalue weighted by Crippen LogP contribution is -1.94. The van der Waals surface area contributed by atoms with Crippen molar-refractivity contribution in [3.63, 3.8) is 0 Å². The zero-order valence-corrected chi connectivity index (χ0v) is 7.01. The number of hydrogen-bond acceptors (Lipinski definition) is 5. The average molecular weight is 183 g/mol. The standard InChI is InChI=1S/C6H5N3O2S/c1-3-7-4(2-12-3)5-8-6(10)11-9-5/h2H,1H3,(H,8,9,10). The van der Waals surface area contributed by atoms with Crippen LogP contribution < -0.4 is 5.76 Å². The van der Waals surface area contributed by atoms with Gasteiger partial charge in [-0.2, -0.15) is 0 Å². The summed E-state index contributed by atoms with van der Waals surface area (Å²) in [6, 6.07) is 0. The van der Waals surface area contributed by atoms with Crippen molar-refractivity contribution in [2.24, 2.45) is 0 Å². The van der Waals surface area contributed by atoms with Gasteiger partial charge in [0.25, 0.3) is 0 Å². The molecule has 5 nitrogen and oxygen atoms in total. The van der Waals surface area contributed by atoms with Gasteiger partial charge in [-0.25, -0.2) is 9.78 Å². The number of aryl methyl sites for hydroxylation is 1. The van der Waals surface area contributed by atoms with Crippen molar-refractivity contribution in [1.82, 2.24) is 15.1 Å². The summed E-state index contributed by atoms with van der Waals surface area (Å²) in [5.41, 5.74) is 0.642. The maximum Gasteiger partial charge on any atom is 0.439 e. The highest BCUT2D eigenvalue weighted by molar-refractivity contribution is 7.09. The first kappa shape index (κ1) is 7.23. The van der Waals surface area contributed by atoms with Gasteiger partial charge in [0.15, 0.2) is 0 Å². The second kappa shape index (κ2) is 2.56. The first-order valence-corrected chi connectivity index (χ1v) is 4.12. The molecule has 0 aliphatic rings. The normalized spacial score (nSPS) is 10.4. The van der Waals surface area contributed by atoms with Crippen LogP contribution in [0.3, 0.4) is 0 Å². The molecule has 0 amide bonds. The average Bonchev–Trinajstić information content (AvgIpc) is 2.58. The summed E-state index contributed by atoms with van der Waals surface area (Å²) in [4.78, 5) is 17.1. The Morgan fingerprint density at radius 2 is 2.50 bits per heavy atom. The summed E-state index contributed by atoms with van der Waals surface area (Å²) in [7, 11) is 0. The molecule has 62 valence electrons. The Morgan fingerprint density at radius 3 is 3.00 bits per heavy atom. The molecule has 0 aromatic carbocycles. The number of nitrogens with one attached hydrogen (secondary N) is 1. The molecule has 0 saturated carbocycles. The monoisotopic (exact) mass is 183 g/mol. The minimum atomic E-state index is -0.560. The smallest absolute Gasteiger partial charge is 0.296 e. The van der Waals surface area contributed by atoms with Crippen LogP contribution in [0.5, 0.6) is 0 Å². The zero-order valence-electron chi connectivity index (χ0n) is 6.20. The molecule has 12 heavy (non-hydrogen) atoms. The Hall–Kier alpha value is -1.43.